The first-order valence-electron chi connectivity index (χ1n) is 4.83. The molecule has 0 aliphatic heterocycles. The minimum atomic E-state index is -0.789. The summed E-state index contributed by atoms with van der Waals surface area (Å²) in [5, 5.41) is 3.73. The number of rotatable bonds is 6. The number of nitrogens with one attached hydrogen (secondary N) is 1. The Morgan fingerprint density at radius 1 is 1.65 bits per heavy atom. The van der Waals surface area contributed by atoms with E-state index >= 15 is 0 Å². The molecule has 1 unspecified atom stereocenters. The molecule has 0 aliphatic rings. The lowest BCUT2D eigenvalue weighted by Gasteiger charge is -2.00. The first kappa shape index (κ1) is 14.4. The van der Waals surface area contributed by atoms with Crippen molar-refractivity contribution in [3.8, 4) is 0 Å². The molecule has 0 spiro atoms. The number of ether oxygens (including phenoxy) is 1. The van der Waals surface area contributed by atoms with Gasteiger partial charge < -0.3 is 10.1 Å². The van der Waals surface area contributed by atoms with Crippen LogP contribution >= 0.6 is 22.9 Å². The average Bonchev–Trinajstić information content (AvgIpc) is 2.65. The van der Waals surface area contributed by atoms with Gasteiger partial charge in [-0.25, -0.2) is 9.78 Å². The normalized spacial score (nSPS) is 12.2. The molecule has 0 bridgehead atoms. The number of carbonyl (C=O) groups is 1. The average molecular weight is 297 g/mol. The largest absolute Gasteiger partial charge is 0.465 e. The van der Waals surface area contributed by atoms with Gasteiger partial charge in [0.2, 0.25) is 0 Å². The van der Waals surface area contributed by atoms with Crippen molar-refractivity contribution >= 4 is 44.8 Å². The smallest absolute Gasteiger partial charge is 0.351 e. The van der Waals surface area contributed by atoms with Crippen molar-refractivity contribution in [1.82, 2.24) is 4.98 Å². The van der Waals surface area contributed by atoms with Crippen LogP contribution in [0.25, 0.3) is 0 Å². The fraction of sp³-hybridized carbons (Fsp3) is 0.556. The number of nitrogens with zero attached hydrogens (tertiary/aromatic N) is 1. The summed E-state index contributed by atoms with van der Waals surface area (Å²) < 4.78 is 15.4. The molecule has 0 amide bonds. The van der Waals surface area contributed by atoms with Crippen LogP contribution in [0, 0.1) is 0 Å². The highest BCUT2D eigenvalue weighted by Gasteiger charge is 2.16. The van der Waals surface area contributed by atoms with E-state index in [4.69, 9.17) is 11.6 Å². The zero-order valence-corrected chi connectivity index (χ0v) is 11.9. The molecule has 8 heteroatoms. The van der Waals surface area contributed by atoms with E-state index in [1.54, 1.807) is 6.26 Å². The lowest BCUT2D eigenvalue weighted by Crippen LogP contribution is -2.05. The lowest BCUT2D eigenvalue weighted by molar-refractivity contribution is 0.0606. The van der Waals surface area contributed by atoms with Gasteiger partial charge >= 0.3 is 5.97 Å². The van der Waals surface area contributed by atoms with Crippen LogP contribution in [-0.4, -0.2) is 40.8 Å². The SMILES string of the molecule is COC(=O)c1sc(NCCCS(C)=O)nc1Cl. The summed E-state index contributed by atoms with van der Waals surface area (Å²) in [7, 11) is 0.505. The monoisotopic (exact) mass is 296 g/mol. The third-order valence-corrected chi connectivity index (χ3v) is 4.08. The van der Waals surface area contributed by atoms with Crippen molar-refractivity contribution in [2.75, 3.05) is 31.0 Å². The van der Waals surface area contributed by atoms with E-state index < -0.39 is 16.8 Å². The van der Waals surface area contributed by atoms with Crippen LogP contribution in [0.2, 0.25) is 5.15 Å². The molecule has 0 fully saturated rings. The second-order valence-electron chi connectivity index (χ2n) is 3.19. The molecule has 1 rings (SSSR count). The number of halogens is 1. The van der Waals surface area contributed by atoms with Gasteiger partial charge in [-0.3, -0.25) is 4.21 Å². The molecule has 0 radical (unpaired) electrons. The van der Waals surface area contributed by atoms with E-state index in [0.29, 0.717) is 17.4 Å². The summed E-state index contributed by atoms with van der Waals surface area (Å²) in [5.74, 6) is 0.144. The van der Waals surface area contributed by atoms with Gasteiger partial charge in [0.15, 0.2) is 15.2 Å². The van der Waals surface area contributed by atoms with Crippen molar-refractivity contribution in [2.45, 2.75) is 6.42 Å². The van der Waals surface area contributed by atoms with Crippen LogP contribution < -0.4 is 5.32 Å². The minimum absolute atomic E-state index is 0.142. The van der Waals surface area contributed by atoms with E-state index in [1.165, 1.54) is 7.11 Å². The van der Waals surface area contributed by atoms with E-state index in [-0.39, 0.29) is 10.0 Å². The Labute approximate surface area is 111 Å². The van der Waals surface area contributed by atoms with Gasteiger partial charge in [0, 0.05) is 29.4 Å². The standard InChI is InChI=1S/C9H13ClN2O3S2/c1-15-8(13)6-7(10)12-9(16-6)11-4-3-5-17(2)14/h3-5H2,1-2H3,(H,11,12). The zero-order valence-electron chi connectivity index (χ0n) is 9.49. The molecule has 0 aliphatic carbocycles. The summed E-state index contributed by atoms with van der Waals surface area (Å²) in [6.45, 7) is 0.643. The van der Waals surface area contributed by atoms with Crippen LogP contribution in [0.1, 0.15) is 16.1 Å². The zero-order chi connectivity index (χ0) is 12.8. The van der Waals surface area contributed by atoms with Gasteiger partial charge in [0.1, 0.15) is 0 Å². The fourth-order valence-corrected chi connectivity index (χ4v) is 2.75. The minimum Gasteiger partial charge on any atom is -0.465 e. The summed E-state index contributed by atoms with van der Waals surface area (Å²) in [6.07, 6.45) is 2.43. The lowest BCUT2D eigenvalue weighted by atomic mass is 10.5. The van der Waals surface area contributed by atoms with Crippen molar-refractivity contribution in [3.05, 3.63) is 10.0 Å². The molecule has 1 aromatic heterocycles. The second-order valence-corrected chi connectivity index (χ2v) is 6.10. The van der Waals surface area contributed by atoms with Crippen LogP contribution in [0.15, 0.2) is 0 Å². The number of esters is 1. The van der Waals surface area contributed by atoms with Gasteiger partial charge in [-0.1, -0.05) is 22.9 Å². The number of hydrogen-bond acceptors (Lipinski definition) is 6. The molecule has 1 aromatic rings. The molecule has 17 heavy (non-hydrogen) atoms. The first-order chi connectivity index (χ1) is 8.04. The number of hydrogen-bond donors (Lipinski definition) is 1. The van der Waals surface area contributed by atoms with Gasteiger partial charge in [-0.05, 0) is 6.42 Å². The second kappa shape index (κ2) is 6.93. The molecular formula is C9H13ClN2O3S2. The first-order valence-corrected chi connectivity index (χ1v) is 7.75. The Kier molecular flexibility index (Phi) is 5.87. The van der Waals surface area contributed by atoms with Crippen LogP contribution in [0.5, 0.6) is 0 Å². The molecule has 0 saturated carbocycles. The Morgan fingerprint density at radius 2 is 2.35 bits per heavy atom. The molecule has 5 nitrogen and oxygen atoms in total. The summed E-state index contributed by atoms with van der Waals surface area (Å²) in [6, 6.07) is 0. The summed E-state index contributed by atoms with van der Waals surface area (Å²) in [5.41, 5.74) is 0. The van der Waals surface area contributed by atoms with Gasteiger partial charge in [-0.2, -0.15) is 0 Å². The van der Waals surface area contributed by atoms with E-state index in [0.717, 1.165) is 17.8 Å². The molecule has 1 heterocycles. The highest BCUT2D eigenvalue weighted by atomic mass is 35.5. The van der Waals surface area contributed by atoms with Crippen molar-refractivity contribution < 1.29 is 13.7 Å². The molecule has 1 atom stereocenters. The molecule has 0 saturated heterocycles. The quantitative estimate of drug-likeness (QED) is 0.640. The topological polar surface area (TPSA) is 68.3 Å². The van der Waals surface area contributed by atoms with Crippen LogP contribution in [-0.2, 0) is 15.5 Å². The van der Waals surface area contributed by atoms with Crippen molar-refractivity contribution in [2.24, 2.45) is 0 Å². The molecule has 0 aromatic carbocycles. The Balaban J connectivity index is 2.50. The number of carbonyl (C=O) groups excluding carboxylic acids is 1. The molecule has 1 N–H and O–H groups in total. The van der Waals surface area contributed by atoms with E-state index in [1.807, 2.05) is 0 Å². The summed E-state index contributed by atoms with van der Waals surface area (Å²) in [4.78, 5) is 15.5. The predicted molar refractivity (Wildman–Crippen MR) is 70.5 cm³/mol. The maximum Gasteiger partial charge on any atom is 0.351 e. The number of anilines is 1. The van der Waals surface area contributed by atoms with Crippen molar-refractivity contribution in [1.29, 1.82) is 0 Å². The molecule has 96 valence electrons. The van der Waals surface area contributed by atoms with Crippen LogP contribution in [0.3, 0.4) is 0 Å². The Bertz CT molecular complexity index is 422. The molecular weight excluding hydrogens is 284 g/mol. The van der Waals surface area contributed by atoms with E-state index in [9.17, 15) is 9.00 Å². The van der Waals surface area contributed by atoms with Crippen LogP contribution in [0.4, 0.5) is 5.13 Å². The summed E-state index contributed by atoms with van der Waals surface area (Å²) >= 11 is 6.94. The highest BCUT2D eigenvalue weighted by Crippen LogP contribution is 2.27. The number of thiazole rings is 1. The highest BCUT2D eigenvalue weighted by molar-refractivity contribution is 7.84. The number of methoxy groups -OCH3 is 1. The fourth-order valence-electron chi connectivity index (χ4n) is 1.07. The van der Waals surface area contributed by atoms with E-state index in [2.05, 4.69) is 15.0 Å². The van der Waals surface area contributed by atoms with Gasteiger partial charge in [-0.15, -0.1) is 0 Å². The van der Waals surface area contributed by atoms with Gasteiger partial charge in [0.25, 0.3) is 0 Å². The predicted octanol–water partition coefficient (Wildman–Crippen LogP) is 1.76. The number of aromatic nitrogens is 1. The maximum atomic E-state index is 11.3. The third kappa shape index (κ3) is 4.61. The maximum absolute atomic E-state index is 11.3. The Morgan fingerprint density at radius 3 is 2.94 bits per heavy atom. The van der Waals surface area contributed by atoms with Crippen molar-refractivity contribution in [3.63, 3.8) is 0 Å². The third-order valence-electron chi connectivity index (χ3n) is 1.84. The van der Waals surface area contributed by atoms with Gasteiger partial charge in [0.05, 0.1) is 7.11 Å². The Hall–Kier alpha value is -0.660.